The highest BCUT2D eigenvalue weighted by atomic mass is 35.5. The Morgan fingerprint density at radius 1 is 1.56 bits per heavy atom. The molecule has 1 N–H and O–H groups in total. The van der Waals surface area contributed by atoms with E-state index in [2.05, 4.69) is 5.32 Å². The molecule has 1 amide bonds. The van der Waals surface area contributed by atoms with E-state index in [1.54, 1.807) is 0 Å². The summed E-state index contributed by atoms with van der Waals surface area (Å²) in [5, 5.41) is 2.04. The van der Waals surface area contributed by atoms with E-state index in [1.807, 2.05) is 0 Å². The summed E-state index contributed by atoms with van der Waals surface area (Å²) in [7, 11) is -2.99. The summed E-state index contributed by atoms with van der Waals surface area (Å²) in [5.74, 6) is 0.270. The largest absolute Gasteiger partial charge is 0.448 e. The van der Waals surface area contributed by atoms with Gasteiger partial charge in [-0.3, -0.25) is 0 Å². The summed E-state index contributed by atoms with van der Waals surface area (Å²) < 4.78 is 27.0. The van der Waals surface area contributed by atoms with Crippen molar-refractivity contribution in [2.75, 3.05) is 24.0 Å². The lowest BCUT2D eigenvalue weighted by Gasteiger charge is -2.12. The van der Waals surface area contributed by atoms with E-state index in [1.165, 1.54) is 0 Å². The van der Waals surface area contributed by atoms with Gasteiger partial charge in [0.15, 0.2) is 9.84 Å². The molecule has 5 nitrogen and oxygen atoms in total. The quantitative estimate of drug-likeness (QED) is 0.775. The second-order valence-electron chi connectivity index (χ2n) is 3.59. The van der Waals surface area contributed by atoms with Crippen LogP contribution in [-0.2, 0) is 14.6 Å². The van der Waals surface area contributed by atoms with Gasteiger partial charge in [-0.15, -0.1) is 23.2 Å². The molecule has 1 rings (SSSR count). The lowest BCUT2D eigenvalue weighted by Crippen LogP contribution is -2.37. The normalized spacial score (nSPS) is 25.0. The Hall–Kier alpha value is -0.200. The van der Waals surface area contributed by atoms with Crippen molar-refractivity contribution >= 4 is 39.1 Å². The summed E-state index contributed by atoms with van der Waals surface area (Å²) in [5.41, 5.74) is 0. The van der Waals surface area contributed by atoms with E-state index in [0.717, 1.165) is 0 Å². The number of alkyl carbamates (subject to hydrolysis) is 1. The Bertz CT molecular complexity index is 346. The first-order chi connectivity index (χ1) is 7.43. The molecule has 8 heteroatoms. The van der Waals surface area contributed by atoms with Gasteiger partial charge in [-0.05, 0) is 6.42 Å². The average Bonchev–Trinajstić information content (AvgIpc) is 2.54. The second kappa shape index (κ2) is 5.93. The summed E-state index contributed by atoms with van der Waals surface area (Å²) in [6.45, 7) is 0.0103. The fourth-order valence-electron chi connectivity index (χ4n) is 1.33. The van der Waals surface area contributed by atoms with Crippen LogP contribution >= 0.6 is 23.2 Å². The van der Waals surface area contributed by atoms with Crippen LogP contribution in [0.15, 0.2) is 0 Å². The Morgan fingerprint density at radius 2 is 2.25 bits per heavy atom. The maximum atomic E-state index is 11.2. The number of carbonyl (C=O) groups excluding carboxylic acids is 1. The zero-order valence-corrected chi connectivity index (χ0v) is 10.8. The van der Waals surface area contributed by atoms with Crippen LogP contribution < -0.4 is 5.32 Å². The van der Waals surface area contributed by atoms with E-state index in [-0.39, 0.29) is 30.0 Å². The highest BCUT2D eigenvalue weighted by Gasteiger charge is 2.29. The molecule has 0 unspecified atom stereocenters. The van der Waals surface area contributed by atoms with E-state index in [4.69, 9.17) is 27.9 Å². The summed E-state index contributed by atoms with van der Waals surface area (Å²) in [4.78, 5) is 11.2. The monoisotopic (exact) mass is 289 g/mol. The fourth-order valence-corrected chi connectivity index (χ4v) is 3.15. The Morgan fingerprint density at radius 3 is 2.75 bits per heavy atom. The van der Waals surface area contributed by atoms with Crippen molar-refractivity contribution < 1.29 is 17.9 Å². The van der Waals surface area contributed by atoms with Crippen LogP contribution in [0, 0.1) is 0 Å². The molecule has 0 spiro atoms. The molecule has 0 aliphatic carbocycles. The first kappa shape index (κ1) is 13.9. The number of sulfone groups is 1. The van der Waals surface area contributed by atoms with Crippen molar-refractivity contribution in [3.8, 4) is 0 Å². The zero-order chi connectivity index (χ0) is 12.2. The van der Waals surface area contributed by atoms with Crippen molar-refractivity contribution in [1.82, 2.24) is 5.32 Å². The van der Waals surface area contributed by atoms with Crippen molar-refractivity contribution in [3.63, 3.8) is 0 Å². The minimum Gasteiger partial charge on any atom is -0.448 e. The van der Waals surface area contributed by atoms with Gasteiger partial charge >= 0.3 is 6.09 Å². The van der Waals surface area contributed by atoms with Crippen LogP contribution in [0.25, 0.3) is 0 Å². The highest BCUT2D eigenvalue weighted by molar-refractivity contribution is 7.91. The van der Waals surface area contributed by atoms with Crippen molar-refractivity contribution in [1.29, 1.82) is 0 Å². The molecule has 0 aromatic heterocycles. The molecule has 0 bridgehead atoms. The van der Waals surface area contributed by atoms with Crippen molar-refractivity contribution in [3.05, 3.63) is 0 Å². The van der Waals surface area contributed by atoms with Crippen LogP contribution in [0.2, 0.25) is 0 Å². The Labute approximate surface area is 104 Å². The van der Waals surface area contributed by atoms with Gasteiger partial charge in [-0.25, -0.2) is 13.2 Å². The van der Waals surface area contributed by atoms with Crippen LogP contribution in [0.3, 0.4) is 0 Å². The van der Waals surface area contributed by atoms with Crippen molar-refractivity contribution in [2.24, 2.45) is 0 Å². The van der Waals surface area contributed by atoms with Crippen LogP contribution in [0.5, 0.6) is 0 Å². The Balaban J connectivity index is 2.25. The maximum absolute atomic E-state index is 11.2. The summed E-state index contributed by atoms with van der Waals surface area (Å²) >= 11 is 11.1. The first-order valence-electron chi connectivity index (χ1n) is 4.76. The second-order valence-corrected chi connectivity index (χ2v) is 6.75. The molecular formula is C8H13Cl2NO4S. The van der Waals surface area contributed by atoms with Crippen LogP contribution in [0.1, 0.15) is 6.42 Å². The number of nitrogens with one attached hydrogen (secondary N) is 1. The third-order valence-electron chi connectivity index (χ3n) is 2.12. The third kappa shape index (κ3) is 4.76. The number of halogens is 2. The van der Waals surface area contributed by atoms with Gasteiger partial charge in [0.25, 0.3) is 0 Å². The molecule has 1 saturated heterocycles. The SMILES string of the molecule is O=C(N[C@H]1CCS(=O)(=O)C1)OC[C@H](Cl)CCl. The van der Waals surface area contributed by atoms with E-state index < -0.39 is 21.3 Å². The van der Waals surface area contributed by atoms with Gasteiger partial charge in [0.1, 0.15) is 6.61 Å². The summed E-state index contributed by atoms with van der Waals surface area (Å²) in [6.07, 6.45) is -0.227. The van der Waals surface area contributed by atoms with E-state index >= 15 is 0 Å². The molecule has 0 aromatic rings. The number of hydrogen-bond acceptors (Lipinski definition) is 4. The van der Waals surface area contributed by atoms with Gasteiger partial charge in [0.05, 0.1) is 16.9 Å². The number of ether oxygens (including phenoxy) is 1. The number of carbonyl (C=O) groups is 1. The number of hydrogen-bond donors (Lipinski definition) is 1. The van der Waals surface area contributed by atoms with E-state index in [0.29, 0.717) is 6.42 Å². The first-order valence-corrected chi connectivity index (χ1v) is 7.56. The molecule has 1 aliphatic heterocycles. The predicted octanol–water partition coefficient (Wildman–Crippen LogP) is 0.746. The topological polar surface area (TPSA) is 72.5 Å². The van der Waals surface area contributed by atoms with Crippen LogP contribution in [0.4, 0.5) is 4.79 Å². The molecule has 2 atom stereocenters. The standard InChI is InChI=1S/C8H13Cl2NO4S/c9-3-6(10)4-15-8(12)11-7-1-2-16(13,14)5-7/h6-7H,1-5H2,(H,11,12)/t6-,7+/m1/s1. The van der Waals surface area contributed by atoms with Crippen molar-refractivity contribution in [2.45, 2.75) is 17.8 Å². The molecule has 94 valence electrons. The van der Waals surface area contributed by atoms with Crippen LogP contribution in [-0.4, -0.2) is 49.9 Å². The molecular weight excluding hydrogens is 277 g/mol. The number of amides is 1. The minimum atomic E-state index is -2.99. The smallest absolute Gasteiger partial charge is 0.407 e. The van der Waals surface area contributed by atoms with E-state index in [9.17, 15) is 13.2 Å². The fraction of sp³-hybridized carbons (Fsp3) is 0.875. The van der Waals surface area contributed by atoms with Gasteiger partial charge in [-0.1, -0.05) is 0 Å². The average molecular weight is 290 g/mol. The highest BCUT2D eigenvalue weighted by Crippen LogP contribution is 2.11. The lowest BCUT2D eigenvalue weighted by atomic mass is 10.3. The molecule has 1 aliphatic rings. The predicted molar refractivity (Wildman–Crippen MR) is 61.9 cm³/mol. The number of rotatable bonds is 4. The molecule has 0 aromatic carbocycles. The lowest BCUT2D eigenvalue weighted by molar-refractivity contribution is 0.144. The third-order valence-corrected chi connectivity index (χ3v) is 4.70. The zero-order valence-electron chi connectivity index (χ0n) is 8.49. The summed E-state index contributed by atoms with van der Waals surface area (Å²) in [6, 6.07) is -0.359. The molecule has 1 heterocycles. The molecule has 1 fully saturated rings. The minimum absolute atomic E-state index is 0.0103. The molecule has 0 radical (unpaired) electrons. The molecule has 16 heavy (non-hydrogen) atoms. The maximum Gasteiger partial charge on any atom is 0.407 e. The van der Waals surface area contributed by atoms with Gasteiger partial charge in [-0.2, -0.15) is 0 Å². The van der Waals surface area contributed by atoms with Gasteiger partial charge in [0.2, 0.25) is 0 Å². The Kier molecular flexibility index (Phi) is 5.14. The number of alkyl halides is 2. The van der Waals surface area contributed by atoms with Gasteiger partial charge < -0.3 is 10.1 Å². The molecule has 0 saturated carbocycles. The van der Waals surface area contributed by atoms with Gasteiger partial charge in [0, 0.05) is 11.9 Å².